The van der Waals surface area contributed by atoms with Gasteiger partial charge in [-0.2, -0.15) is 5.10 Å². The zero-order valence-corrected chi connectivity index (χ0v) is 11.1. The number of ether oxygens (including phenoxy) is 2. The molecule has 0 saturated carbocycles. The predicted molar refractivity (Wildman–Crippen MR) is 63.9 cm³/mol. The Labute approximate surface area is 101 Å². The number of nitrogens with one attached hydrogen (secondary N) is 1. The molecule has 0 fully saturated rings. The van der Waals surface area contributed by atoms with Gasteiger partial charge in [0, 0.05) is 13.7 Å². The van der Waals surface area contributed by atoms with Crippen LogP contribution in [0.2, 0.25) is 0 Å². The van der Waals surface area contributed by atoms with E-state index in [1.165, 1.54) is 0 Å². The zero-order valence-electron chi connectivity index (χ0n) is 10.2. The van der Waals surface area contributed by atoms with E-state index in [9.17, 15) is 0 Å². The maximum atomic E-state index is 5.39. The number of hydrogen-bond acceptors (Lipinski definition) is 4. The first kappa shape index (κ1) is 13.3. The lowest BCUT2D eigenvalue weighted by molar-refractivity contribution is 0.00699. The molecule has 92 valence electrons. The van der Waals surface area contributed by atoms with Gasteiger partial charge in [-0.3, -0.25) is 9.67 Å². The first-order valence-electron chi connectivity index (χ1n) is 5.31. The summed E-state index contributed by atoms with van der Waals surface area (Å²) < 4.78 is 13.2. The van der Waals surface area contributed by atoms with Crippen molar-refractivity contribution in [2.24, 2.45) is 0 Å². The maximum Gasteiger partial charge on any atom is 0.195 e. The van der Waals surface area contributed by atoms with Crippen molar-refractivity contribution < 1.29 is 9.47 Å². The topological polar surface area (TPSA) is 52.1 Å². The Hall–Kier alpha value is -0.720. The van der Waals surface area contributed by atoms with E-state index in [-0.39, 0.29) is 0 Å². The summed E-state index contributed by atoms with van der Waals surface area (Å²) in [4.78, 5) is 0. The molecule has 6 heteroatoms. The summed E-state index contributed by atoms with van der Waals surface area (Å²) >= 11 is 5.17. The minimum Gasteiger partial charge on any atom is -0.380 e. The van der Waals surface area contributed by atoms with Gasteiger partial charge in [-0.05, 0) is 33.0 Å². The Kier molecular flexibility index (Phi) is 4.64. The quantitative estimate of drug-likeness (QED) is 0.614. The molecule has 1 heterocycles. The molecule has 0 spiro atoms. The number of nitrogens with zero attached hydrogens (tertiary/aromatic N) is 2. The standard InChI is InChI=1S/C10H19N3O2S/c1-5-15-7-6-13-8(10(2,3)14-4)11-12-9(13)16/h5-7H2,1-4H3,(H,12,16). The van der Waals surface area contributed by atoms with Gasteiger partial charge in [-0.15, -0.1) is 0 Å². The highest BCUT2D eigenvalue weighted by molar-refractivity contribution is 7.71. The summed E-state index contributed by atoms with van der Waals surface area (Å²) in [7, 11) is 1.66. The molecule has 0 amide bonds. The Morgan fingerprint density at radius 1 is 1.50 bits per heavy atom. The average molecular weight is 245 g/mol. The Morgan fingerprint density at radius 3 is 2.75 bits per heavy atom. The molecular weight excluding hydrogens is 226 g/mol. The van der Waals surface area contributed by atoms with Crippen LogP contribution in [0.5, 0.6) is 0 Å². The van der Waals surface area contributed by atoms with E-state index in [1.807, 2.05) is 25.3 Å². The fraction of sp³-hybridized carbons (Fsp3) is 0.800. The predicted octanol–water partition coefficient (Wildman–Crippen LogP) is 1.86. The van der Waals surface area contributed by atoms with E-state index in [4.69, 9.17) is 21.7 Å². The van der Waals surface area contributed by atoms with Crippen molar-refractivity contribution in [3.63, 3.8) is 0 Å². The van der Waals surface area contributed by atoms with Crippen LogP contribution < -0.4 is 0 Å². The smallest absolute Gasteiger partial charge is 0.195 e. The molecule has 0 atom stereocenters. The van der Waals surface area contributed by atoms with Crippen LogP contribution in [-0.2, 0) is 21.6 Å². The van der Waals surface area contributed by atoms with Crippen LogP contribution in [0.1, 0.15) is 26.6 Å². The lowest BCUT2D eigenvalue weighted by Gasteiger charge is -2.22. The molecule has 0 aliphatic heterocycles. The van der Waals surface area contributed by atoms with Gasteiger partial charge >= 0.3 is 0 Å². The summed E-state index contributed by atoms with van der Waals surface area (Å²) in [6.07, 6.45) is 0. The first-order valence-corrected chi connectivity index (χ1v) is 5.72. The van der Waals surface area contributed by atoms with Crippen LogP contribution in [-0.4, -0.2) is 35.1 Å². The molecule has 5 nitrogen and oxygen atoms in total. The Balaban J connectivity index is 2.90. The molecule has 0 unspecified atom stereocenters. The molecule has 1 N–H and O–H groups in total. The van der Waals surface area contributed by atoms with E-state index >= 15 is 0 Å². The van der Waals surface area contributed by atoms with Crippen molar-refractivity contribution in [2.45, 2.75) is 32.9 Å². The van der Waals surface area contributed by atoms with E-state index < -0.39 is 5.60 Å². The number of rotatable bonds is 6. The summed E-state index contributed by atoms with van der Waals surface area (Å²) in [5.41, 5.74) is -0.459. The van der Waals surface area contributed by atoms with Crippen molar-refractivity contribution in [1.82, 2.24) is 14.8 Å². The van der Waals surface area contributed by atoms with E-state index in [2.05, 4.69) is 10.2 Å². The van der Waals surface area contributed by atoms with Crippen LogP contribution >= 0.6 is 12.2 Å². The molecular formula is C10H19N3O2S. The van der Waals surface area contributed by atoms with Crippen molar-refractivity contribution in [3.05, 3.63) is 10.6 Å². The van der Waals surface area contributed by atoms with Crippen molar-refractivity contribution in [2.75, 3.05) is 20.3 Å². The number of H-pyrrole nitrogens is 1. The molecule has 0 aromatic carbocycles. The summed E-state index contributed by atoms with van der Waals surface area (Å²) in [5.74, 6) is 0.791. The van der Waals surface area contributed by atoms with Gasteiger partial charge < -0.3 is 9.47 Å². The monoisotopic (exact) mass is 245 g/mol. The second-order valence-corrected chi connectivity index (χ2v) is 4.30. The first-order chi connectivity index (χ1) is 7.53. The van der Waals surface area contributed by atoms with Gasteiger partial charge in [0.1, 0.15) is 5.60 Å². The fourth-order valence-corrected chi connectivity index (χ4v) is 1.60. The minimum atomic E-state index is -0.459. The largest absolute Gasteiger partial charge is 0.380 e. The van der Waals surface area contributed by atoms with Gasteiger partial charge in [-0.25, -0.2) is 0 Å². The third kappa shape index (κ3) is 2.90. The third-order valence-electron chi connectivity index (χ3n) is 2.47. The molecule has 0 bridgehead atoms. The average Bonchev–Trinajstić information content (AvgIpc) is 2.62. The second-order valence-electron chi connectivity index (χ2n) is 3.92. The Morgan fingerprint density at radius 2 is 2.19 bits per heavy atom. The lowest BCUT2D eigenvalue weighted by atomic mass is 10.1. The zero-order chi connectivity index (χ0) is 12.2. The van der Waals surface area contributed by atoms with Gasteiger partial charge in [0.05, 0.1) is 13.2 Å². The number of hydrogen-bond donors (Lipinski definition) is 1. The lowest BCUT2D eigenvalue weighted by Crippen LogP contribution is -2.26. The highest BCUT2D eigenvalue weighted by Gasteiger charge is 2.26. The fourth-order valence-electron chi connectivity index (χ4n) is 1.38. The van der Waals surface area contributed by atoms with Crippen molar-refractivity contribution in [3.8, 4) is 0 Å². The van der Waals surface area contributed by atoms with E-state index in [0.717, 1.165) is 5.82 Å². The number of methoxy groups -OCH3 is 1. The summed E-state index contributed by atoms with van der Waals surface area (Å²) in [5, 5.41) is 6.99. The molecule has 0 aliphatic carbocycles. The van der Waals surface area contributed by atoms with Crippen LogP contribution in [0.3, 0.4) is 0 Å². The van der Waals surface area contributed by atoms with Crippen LogP contribution in [0.4, 0.5) is 0 Å². The third-order valence-corrected chi connectivity index (χ3v) is 2.78. The minimum absolute atomic E-state index is 0.459. The molecule has 1 aromatic heterocycles. The van der Waals surface area contributed by atoms with Crippen molar-refractivity contribution in [1.29, 1.82) is 0 Å². The molecule has 0 aliphatic rings. The SMILES string of the molecule is CCOCCn1c(C(C)(C)OC)n[nH]c1=S. The highest BCUT2D eigenvalue weighted by Crippen LogP contribution is 2.21. The van der Waals surface area contributed by atoms with E-state index in [0.29, 0.717) is 24.5 Å². The summed E-state index contributed by atoms with van der Waals surface area (Å²) in [6, 6.07) is 0. The van der Waals surface area contributed by atoms with Crippen LogP contribution in [0, 0.1) is 4.77 Å². The normalized spacial score (nSPS) is 12.0. The van der Waals surface area contributed by atoms with Gasteiger partial charge in [0.25, 0.3) is 0 Å². The van der Waals surface area contributed by atoms with Crippen LogP contribution in [0.25, 0.3) is 0 Å². The van der Waals surface area contributed by atoms with E-state index in [1.54, 1.807) is 7.11 Å². The summed E-state index contributed by atoms with van der Waals surface area (Å²) in [6.45, 7) is 7.88. The van der Waals surface area contributed by atoms with Gasteiger partial charge in [0.2, 0.25) is 0 Å². The van der Waals surface area contributed by atoms with Gasteiger partial charge in [0.15, 0.2) is 10.6 Å². The second kappa shape index (κ2) is 5.56. The van der Waals surface area contributed by atoms with Crippen LogP contribution in [0.15, 0.2) is 0 Å². The van der Waals surface area contributed by atoms with Gasteiger partial charge in [-0.1, -0.05) is 0 Å². The maximum absolute atomic E-state index is 5.39. The molecule has 1 rings (SSSR count). The Bertz CT molecular complexity index is 384. The molecule has 16 heavy (non-hydrogen) atoms. The molecule has 0 saturated heterocycles. The molecule has 1 aromatic rings. The highest BCUT2D eigenvalue weighted by atomic mass is 32.1. The number of aromatic nitrogens is 3. The molecule has 0 radical (unpaired) electrons. The van der Waals surface area contributed by atoms with Crippen molar-refractivity contribution >= 4 is 12.2 Å². The number of aromatic amines is 1.